The number of fused-ring (bicyclic) bond motifs is 1. The van der Waals surface area contributed by atoms with Gasteiger partial charge >= 0.3 is 0 Å². The van der Waals surface area contributed by atoms with E-state index in [0.29, 0.717) is 24.1 Å². The van der Waals surface area contributed by atoms with E-state index in [1.807, 2.05) is 41.0 Å². The summed E-state index contributed by atoms with van der Waals surface area (Å²) < 4.78 is 12.7. The topological polar surface area (TPSA) is 86.1 Å². The Kier molecular flexibility index (Phi) is 3.81. The number of nitrogens with one attached hydrogen (secondary N) is 1. The minimum absolute atomic E-state index is 0.129. The first-order valence-corrected chi connectivity index (χ1v) is 7.88. The maximum absolute atomic E-state index is 12.4. The van der Waals surface area contributed by atoms with Crippen molar-refractivity contribution in [1.29, 1.82) is 0 Å². The van der Waals surface area contributed by atoms with Gasteiger partial charge in [0.15, 0.2) is 0 Å². The van der Waals surface area contributed by atoms with Crippen LogP contribution in [0.4, 0.5) is 0 Å². The molecule has 0 unspecified atom stereocenters. The highest BCUT2D eigenvalue weighted by Crippen LogP contribution is 2.27. The summed E-state index contributed by atoms with van der Waals surface area (Å²) in [6.07, 6.45) is 1.58. The van der Waals surface area contributed by atoms with Gasteiger partial charge in [0.1, 0.15) is 18.0 Å². The van der Waals surface area contributed by atoms with Gasteiger partial charge in [0.05, 0.1) is 12.8 Å². The molecule has 0 aliphatic carbocycles. The average molecular weight is 336 g/mol. The van der Waals surface area contributed by atoms with E-state index in [4.69, 9.17) is 8.83 Å². The average Bonchev–Trinajstić information content (AvgIpc) is 3.33. The highest BCUT2D eigenvalue weighted by atomic mass is 16.4. The molecule has 0 saturated carbocycles. The van der Waals surface area contributed by atoms with Crippen molar-refractivity contribution in [3.05, 3.63) is 60.4 Å². The zero-order chi connectivity index (χ0) is 17.2. The lowest BCUT2D eigenvalue weighted by atomic mass is 10.2. The van der Waals surface area contributed by atoms with Crippen molar-refractivity contribution < 1.29 is 13.6 Å². The van der Waals surface area contributed by atoms with Crippen molar-refractivity contribution in [3.63, 3.8) is 0 Å². The number of rotatable bonds is 5. The summed E-state index contributed by atoms with van der Waals surface area (Å²) in [5, 5.41) is 11.8. The quantitative estimate of drug-likeness (QED) is 0.605. The van der Waals surface area contributed by atoms with Crippen LogP contribution in [0, 0.1) is 6.92 Å². The van der Waals surface area contributed by atoms with Crippen molar-refractivity contribution in [3.8, 4) is 11.6 Å². The molecule has 0 spiro atoms. The Labute approximate surface area is 143 Å². The Bertz CT molecular complexity index is 1010. The first kappa shape index (κ1) is 15.2. The Balaban J connectivity index is 1.64. The number of benzene rings is 1. The van der Waals surface area contributed by atoms with Crippen LogP contribution >= 0.6 is 0 Å². The van der Waals surface area contributed by atoms with Crippen LogP contribution in [0.3, 0.4) is 0 Å². The van der Waals surface area contributed by atoms with E-state index in [-0.39, 0.29) is 12.5 Å². The maximum atomic E-state index is 12.4. The van der Waals surface area contributed by atoms with Gasteiger partial charge in [0.25, 0.3) is 5.89 Å². The summed E-state index contributed by atoms with van der Waals surface area (Å²) in [4.78, 5) is 12.4. The van der Waals surface area contributed by atoms with Crippen LogP contribution in [0.2, 0.25) is 0 Å². The smallest absolute Gasteiger partial charge is 0.264 e. The van der Waals surface area contributed by atoms with E-state index < -0.39 is 0 Å². The second-order valence-electron chi connectivity index (χ2n) is 5.66. The Hall–Kier alpha value is -3.35. The third kappa shape index (κ3) is 3.03. The normalized spacial score (nSPS) is 11.1. The molecule has 4 rings (SSSR count). The molecule has 3 heterocycles. The van der Waals surface area contributed by atoms with Gasteiger partial charge in [-0.15, -0.1) is 10.2 Å². The second-order valence-corrected chi connectivity index (χ2v) is 5.66. The first-order valence-electron chi connectivity index (χ1n) is 7.88. The molecule has 126 valence electrons. The zero-order valence-electron chi connectivity index (χ0n) is 13.6. The molecule has 1 aromatic carbocycles. The number of aromatic nitrogens is 3. The summed E-state index contributed by atoms with van der Waals surface area (Å²) in [5.74, 6) is 1.45. The Morgan fingerprint density at radius 3 is 2.84 bits per heavy atom. The molecule has 7 heteroatoms. The van der Waals surface area contributed by atoms with E-state index in [1.165, 1.54) is 0 Å². The predicted octanol–water partition coefficient (Wildman–Crippen LogP) is 2.91. The molecule has 1 amide bonds. The maximum Gasteiger partial charge on any atom is 0.264 e. The molecule has 0 saturated heterocycles. The number of amides is 1. The molecule has 25 heavy (non-hydrogen) atoms. The Morgan fingerprint density at radius 1 is 1.20 bits per heavy atom. The molecule has 1 N–H and O–H groups in total. The van der Waals surface area contributed by atoms with Crippen molar-refractivity contribution in [2.24, 2.45) is 0 Å². The molecule has 0 aliphatic heterocycles. The predicted molar refractivity (Wildman–Crippen MR) is 90.5 cm³/mol. The van der Waals surface area contributed by atoms with Crippen LogP contribution in [0.25, 0.3) is 22.5 Å². The van der Waals surface area contributed by atoms with Crippen LogP contribution in [-0.4, -0.2) is 20.7 Å². The molecule has 3 aromatic heterocycles. The van der Waals surface area contributed by atoms with Crippen molar-refractivity contribution in [2.45, 2.75) is 20.0 Å². The summed E-state index contributed by atoms with van der Waals surface area (Å²) >= 11 is 0. The van der Waals surface area contributed by atoms with Crippen LogP contribution in [-0.2, 0) is 17.9 Å². The molecular formula is C18H16N4O3. The zero-order valence-corrected chi connectivity index (χ0v) is 13.6. The summed E-state index contributed by atoms with van der Waals surface area (Å²) in [7, 11) is 0. The fourth-order valence-corrected chi connectivity index (χ4v) is 2.76. The van der Waals surface area contributed by atoms with E-state index in [0.717, 1.165) is 16.6 Å². The fraction of sp³-hybridized carbons (Fsp3) is 0.167. The number of carbonyl (C=O) groups excluding carboxylic acids is 1. The monoisotopic (exact) mass is 336 g/mol. The van der Waals surface area contributed by atoms with Gasteiger partial charge in [0, 0.05) is 17.8 Å². The number of hydrogen-bond donors (Lipinski definition) is 1. The van der Waals surface area contributed by atoms with Crippen LogP contribution in [0.5, 0.6) is 0 Å². The van der Waals surface area contributed by atoms with Crippen LogP contribution in [0.1, 0.15) is 11.7 Å². The summed E-state index contributed by atoms with van der Waals surface area (Å²) in [5.41, 5.74) is 1.65. The van der Waals surface area contributed by atoms with Crippen molar-refractivity contribution in [1.82, 2.24) is 20.1 Å². The molecule has 0 atom stereocenters. The molecule has 0 bridgehead atoms. The minimum atomic E-state index is -0.129. The molecule has 4 aromatic rings. The molecular weight excluding hydrogens is 320 g/mol. The van der Waals surface area contributed by atoms with Gasteiger partial charge in [0.2, 0.25) is 11.8 Å². The first-order chi connectivity index (χ1) is 12.2. The van der Waals surface area contributed by atoms with Crippen LogP contribution < -0.4 is 5.32 Å². The van der Waals surface area contributed by atoms with Crippen molar-refractivity contribution >= 4 is 16.8 Å². The molecule has 7 nitrogen and oxygen atoms in total. The van der Waals surface area contributed by atoms with E-state index >= 15 is 0 Å². The molecule has 0 fully saturated rings. The van der Waals surface area contributed by atoms with Gasteiger partial charge in [-0.1, -0.05) is 18.2 Å². The van der Waals surface area contributed by atoms with Gasteiger partial charge in [-0.05, 0) is 24.3 Å². The van der Waals surface area contributed by atoms with Gasteiger partial charge < -0.3 is 18.7 Å². The lowest BCUT2D eigenvalue weighted by molar-refractivity contribution is -0.121. The number of para-hydroxylation sites is 1. The Morgan fingerprint density at radius 2 is 2.08 bits per heavy atom. The number of furan rings is 1. The van der Waals surface area contributed by atoms with Gasteiger partial charge in [-0.3, -0.25) is 4.79 Å². The summed E-state index contributed by atoms with van der Waals surface area (Å²) in [6, 6.07) is 13.4. The van der Waals surface area contributed by atoms with Gasteiger partial charge in [-0.2, -0.15) is 0 Å². The minimum Gasteiger partial charge on any atom is -0.467 e. The number of carbonyl (C=O) groups is 1. The van der Waals surface area contributed by atoms with E-state index in [9.17, 15) is 4.79 Å². The lowest BCUT2D eigenvalue weighted by Gasteiger charge is -2.09. The van der Waals surface area contributed by atoms with Crippen molar-refractivity contribution in [2.75, 3.05) is 0 Å². The molecule has 0 aliphatic rings. The van der Waals surface area contributed by atoms with E-state index in [2.05, 4.69) is 15.5 Å². The van der Waals surface area contributed by atoms with Gasteiger partial charge in [-0.25, -0.2) is 0 Å². The third-order valence-electron chi connectivity index (χ3n) is 3.90. The fourth-order valence-electron chi connectivity index (χ4n) is 2.76. The number of aryl methyl sites for hydroxylation is 1. The van der Waals surface area contributed by atoms with E-state index in [1.54, 1.807) is 19.3 Å². The number of nitrogens with zero attached hydrogens (tertiary/aromatic N) is 3. The van der Waals surface area contributed by atoms with Crippen LogP contribution in [0.15, 0.2) is 57.6 Å². The second kappa shape index (κ2) is 6.27. The third-order valence-corrected chi connectivity index (χ3v) is 3.90. The number of hydrogen-bond acceptors (Lipinski definition) is 5. The highest BCUT2D eigenvalue weighted by molar-refractivity contribution is 5.88. The lowest BCUT2D eigenvalue weighted by Crippen LogP contribution is -2.27. The molecule has 0 radical (unpaired) electrons. The SMILES string of the molecule is Cc1nnc(-c2cc3ccccc3n2CC(=O)NCc2ccco2)o1. The summed E-state index contributed by atoms with van der Waals surface area (Å²) in [6.45, 7) is 2.23. The standard InChI is InChI=1S/C18H16N4O3/c1-12-20-21-18(25-12)16-9-13-5-2-3-7-15(13)22(16)11-17(23)19-10-14-6-4-8-24-14/h2-9H,10-11H2,1H3,(H,19,23). The largest absolute Gasteiger partial charge is 0.467 e. The highest BCUT2D eigenvalue weighted by Gasteiger charge is 2.17.